The van der Waals surface area contributed by atoms with Crippen molar-refractivity contribution >= 4 is 15.8 Å². The Kier molecular flexibility index (Phi) is 5.24. The molecule has 1 aliphatic rings. The van der Waals surface area contributed by atoms with E-state index < -0.39 is 22.2 Å². The third-order valence-electron chi connectivity index (χ3n) is 4.73. The van der Waals surface area contributed by atoms with Crippen molar-refractivity contribution in [3.8, 4) is 0 Å². The SMILES string of the molecule is Cc1ccc(N2C[C@H](O)[C@H](NS(=O)(=O)c3ccc(C(C)(C)C)cc3)C2)nn1. The summed E-state index contributed by atoms with van der Waals surface area (Å²) >= 11 is 0. The van der Waals surface area contributed by atoms with Gasteiger partial charge in [-0.2, -0.15) is 5.10 Å². The van der Waals surface area contributed by atoms with E-state index in [4.69, 9.17) is 0 Å². The van der Waals surface area contributed by atoms with Gasteiger partial charge in [0.2, 0.25) is 10.0 Å². The zero-order valence-corrected chi connectivity index (χ0v) is 16.9. The molecule has 1 aromatic heterocycles. The highest BCUT2D eigenvalue weighted by Gasteiger charge is 2.35. The predicted octanol–water partition coefficient (Wildman–Crippen LogP) is 1.61. The summed E-state index contributed by atoms with van der Waals surface area (Å²) in [6.07, 6.45) is -0.822. The molecule has 146 valence electrons. The van der Waals surface area contributed by atoms with Crippen LogP contribution in [-0.4, -0.2) is 49.0 Å². The standard InChI is InChI=1S/C19H26N4O3S/c1-13-5-10-18(21-20-13)23-11-16(17(24)12-23)22-27(25,26)15-8-6-14(7-9-15)19(2,3)4/h5-10,16-17,22,24H,11-12H2,1-4H3/t16-,17+/m1/s1. The third kappa shape index (κ3) is 4.45. The van der Waals surface area contributed by atoms with Gasteiger partial charge in [0.05, 0.1) is 22.7 Å². The first kappa shape index (κ1) is 19.7. The van der Waals surface area contributed by atoms with E-state index in [1.54, 1.807) is 12.1 Å². The molecule has 2 atom stereocenters. The molecule has 0 spiro atoms. The third-order valence-corrected chi connectivity index (χ3v) is 6.24. The van der Waals surface area contributed by atoms with Gasteiger partial charge < -0.3 is 10.0 Å². The van der Waals surface area contributed by atoms with Crippen molar-refractivity contribution in [2.24, 2.45) is 0 Å². The van der Waals surface area contributed by atoms with Crippen LogP contribution in [0.5, 0.6) is 0 Å². The van der Waals surface area contributed by atoms with Gasteiger partial charge in [-0.25, -0.2) is 13.1 Å². The predicted molar refractivity (Wildman–Crippen MR) is 104 cm³/mol. The van der Waals surface area contributed by atoms with Crippen LogP contribution in [-0.2, 0) is 15.4 Å². The summed E-state index contributed by atoms with van der Waals surface area (Å²) in [6.45, 7) is 8.70. The van der Waals surface area contributed by atoms with Gasteiger partial charge in [-0.3, -0.25) is 0 Å². The van der Waals surface area contributed by atoms with E-state index in [-0.39, 0.29) is 10.3 Å². The van der Waals surface area contributed by atoms with Crippen molar-refractivity contribution < 1.29 is 13.5 Å². The van der Waals surface area contributed by atoms with Crippen LogP contribution < -0.4 is 9.62 Å². The second-order valence-corrected chi connectivity index (χ2v) is 9.72. The summed E-state index contributed by atoms with van der Waals surface area (Å²) in [4.78, 5) is 2.02. The molecule has 2 N–H and O–H groups in total. The molecule has 2 aromatic rings. The Bertz CT molecular complexity index is 890. The van der Waals surface area contributed by atoms with Crippen LogP contribution in [0.1, 0.15) is 32.0 Å². The fourth-order valence-corrected chi connectivity index (χ4v) is 4.31. The molecule has 0 amide bonds. The van der Waals surface area contributed by atoms with Crippen LogP contribution in [0.2, 0.25) is 0 Å². The van der Waals surface area contributed by atoms with Crippen LogP contribution in [0.15, 0.2) is 41.3 Å². The molecule has 1 saturated heterocycles. The Labute approximate surface area is 160 Å². The normalized spacial score (nSPS) is 20.9. The number of aromatic nitrogens is 2. The number of β-amino-alcohol motifs (C(OH)–C–C–N with tert-alkyl or cyclic N) is 1. The topological polar surface area (TPSA) is 95.4 Å². The molecule has 1 aromatic carbocycles. The lowest BCUT2D eigenvalue weighted by atomic mass is 9.87. The lowest BCUT2D eigenvalue weighted by Gasteiger charge is -2.20. The fourth-order valence-electron chi connectivity index (χ4n) is 3.05. The second kappa shape index (κ2) is 7.18. The van der Waals surface area contributed by atoms with Crippen LogP contribution in [0, 0.1) is 6.92 Å². The van der Waals surface area contributed by atoms with E-state index in [9.17, 15) is 13.5 Å². The van der Waals surface area contributed by atoms with E-state index in [1.165, 1.54) is 0 Å². The number of nitrogens with one attached hydrogen (secondary N) is 1. The van der Waals surface area contributed by atoms with Crippen molar-refractivity contribution in [1.29, 1.82) is 0 Å². The highest BCUT2D eigenvalue weighted by molar-refractivity contribution is 7.89. The van der Waals surface area contributed by atoms with E-state index in [0.717, 1.165) is 11.3 Å². The molecule has 3 rings (SSSR count). The van der Waals surface area contributed by atoms with E-state index in [2.05, 4.69) is 35.7 Å². The second-order valence-electron chi connectivity index (χ2n) is 8.01. The van der Waals surface area contributed by atoms with Crippen molar-refractivity contribution in [3.05, 3.63) is 47.7 Å². The van der Waals surface area contributed by atoms with Gasteiger partial charge in [0.15, 0.2) is 5.82 Å². The van der Waals surface area contributed by atoms with Crippen molar-refractivity contribution in [2.75, 3.05) is 18.0 Å². The maximum absolute atomic E-state index is 12.7. The zero-order valence-electron chi connectivity index (χ0n) is 16.0. The molecule has 0 bridgehead atoms. The van der Waals surface area contributed by atoms with Crippen molar-refractivity contribution in [2.45, 2.75) is 50.2 Å². The highest BCUT2D eigenvalue weighted by atomic mass is 32.2. The summed E-state index contributed by atoms with van der Waals surface area (Å²) < 4.78 is 28.1. The molecule has 0 radical (unpaired) electrons. The minimum absolute atomic E-state index is 0.0487. The van der Waals surface area contributed by atoms with Crippen LogP contribution in [0.4, 0.5) is 5.82 Å². The zero-order chi connectivity index (χ0) is 19.8. The summed E-state index contributed by atoms with van der Waals surface area (Å²) in [7, 11) is -3.72. The average molecular weight is 391 g/mol. The largest absolute Gasteiger partial charge is 0.390 e. The van der Waals surface area contributed by atoms with Crippen LogP contribution in [0.3, 0.4) is 0 Å². The molecule has 1 aliphatic heterocycles. The maximum atomic E-state index is 12.7. The minimum Gasteiger partial charge on any atom is -0.390 e. The Morgan fingerprint density at radius 2 is 1.74 bits per heavy atom. The lowest BCUT2D eigenvalue weighted by molar-refractivity contribution is 0.174. The van der Waals surface area contributed by atoms with Gasteiger partial charge in [0, 0.05) is 13.1 Å². The number of nitrogens with zero attached hydrogens (tertiary/aromatic N) is 3. The molecule has 8 heteroatoms. The highest BCUT2D eigenvalue weighted by Crippen LogP contribution is 2.24. The van der Waals surface area contributed by atoms with E-state index in [0.29, 0.717) is 18.9 Å². The van der Waals surface area contributed by atoms with Gasteiger partial charge >= 0.3 is 0 Å². The van der Waals surface area contributed by atoms with E-state index >= 15 is 0 Å². The lowest BCUT2D eigenvalue weighted by Crippen LogP contribution is -2.42. The smallest absolute Gasteiger partial charge is 0.240 e. The first-order valence-corrected chi connectivity index (χ1v) is 10.4. The summed E-state index contributed by atoms with van der Waals surface area (Å²) in [5.74, 6) is 0.621. The Morgan fingerprint density at radius 3 is 2.30 bits per heavy atom. The van der Waals surface area contributed by atoms with Gasteiger partial charge in [0.1, 0.15) is 0 Å². The Balaban J connectivity index is 1.73. The van der Waals surface area contributed by atoms with Crippen LogP contribution in [0.25, 0.3) is 0 Å². The number of aliphatic hydroxyl groups excluding tert-OH is 1. The number of anilines is 1. The van der Waals surface area contributed by atoms with Crippen molar-refractivity contribution in [1.82, 2.24) is 14.9 Å². The number of sulfonamides is 1. The molecular weight excluding hydrogens is 364 g/mol. The number of hydrogen-bond donors (Lipinski definition) is 2. The summed E-state index contributed by atoms with van der Waals surface area (Å²) in [5, 5.41) is 18.4. The number of rotatable bonds is 4. The minimum atomic E-state index is -3.72. The van der Waals surface area contributed by atoms with E-state index in [1.807, 2.05) is 36.1 Å². The quantitative estimate of drug-likeness (QED) is 0.824. The molecule has 2 heterocycles. The van der Waals surface area contributed by atoms with Gasteiger partial charge in [-0.15, -0.1) is 5.10 Å². The van der Waals surface area contributed by atoms with Crippen molar-refractivity contribution in [3.63, 3.8) is 0 Å². The summed E-state index contributed by atoms with van der Waals surface area (Å²) in [5.41, 5.74) is 1.81. The summed E-state index contributed by atoms with van der Waals surface area (Å²) in [6, 6.07) is 9.91. The van der Waals surface area contributed by atoms with Gasteiger partial charge in [-0.05, 0) is 42.2 Å². The van der Waals surface area contributed by atoms with Crippen LogP contribution >= 0.6 is 0 Å². The molecule has 0 saturated carbocycles. The molecule has 7 nitrogen and oxygen atoms in total. The Morgan fingerprint density at radius 1 is 1.07 bits per heavy atom. The maximum Gasteiger partial charge on any atom is 0.240 e. The molecule has 0 unspecified atom stereocenters. The van der Waals surface area contributed by atoms with Gasteiger partial charge in [-0.1, -0.05) is 32.9 Å². The first-order chi connectivity index (χ1) is 12.6. The average Bonchev–Trinajstić information content (AvgIpc) is 2.95. The number of aryl methyl sites for hydroxylation is 1. The van der Waals surface area contributed by atoms with Gasteiger partial charge in [0.25, 0.3) is 0 Å². The number of aliphatic hydroxyl groups is 1. The fraction of sp³-hybridized carbons (Fsp3) is 0.474. The number of hydrogen-bond acceptors (Lipinski definition) is 6. The molecule has 1 fully saturated rings. The Hall–Kier alpha value is -2.03. The number of benzene rings is 1. The molecule has 27 heavy (non-hydrogen) atoms. The molecule has 0 aliphatic carbocycles. The first-order valence-electron chi connectivity index (χ1n) is 8.92. The molecular formula is C19H26N4O3S. The monoisotopic (exact) mass is 390 g/mol.